The Morgan fingerprint density at radius 2 is 1.19 bits per heavy atom. The average molecular weight is 358 g/mol. The van der Waals surface area contributed by atoms with Gasteiger partial charge in [0.25, 0.3) is 0 Å². The first-order valence-corrected chi connectivity index (χ1v) is 7.41. The van der Waals surface area contributed by atoms with Crippen LogP contribution in [-0.4, -0.2) is 34.8 Å². The van der Waals surface area contributed by atoms with E-state index in [4.69, 9.17) is 9.47 Å². The van der Waals surface area contributed by atoms with Gasteiger partial charge in [0.15, 0.2) is 0 Å². The standard InChI is InChI=1S/C10H14Br2O4/c11-5-9(13)15-7-1-2-8(4-3-7)16-10(14)6-12/h7-8H,1-6H2. The minimum atomic E-state index is -0.235. The maximum absolute atomic E-state index is 11.0. The van der Waals surface area contributed by atoms with E-state index in [-0.39, 0.29) is 34.8 Å². The van der Waals surface area contributed by atoms with Crippen LogP contribution in [0.1, 0.15) is 25.7 Å². The topological polar surface area (TPSA) is 52.6 Å². The van der Waals surface area contributed by atoms with Gasteiger partial charge in [-0.05, 0) is 25.7 Å². The molecule has 1 rings (SSSR count). The normalized spacial score (nSPS) is 24.9. The lowest BCUT2D eigenvalue weighted by Crippen LogP contribution is -2.30. The fraction of sp³-hybridized carbons (Fsp3) is 0.800. The van der Waals surface area contributed by atoms with Crippen LogP contribution >= 0.6 is 31.9 Å². The fourth-order valence-electron chi connectivity index (χ4n) is 1.70. The van der Waals surface area contributed by atoms with Crippen molar-refractivity contribution in [2.24, 2.45) is 0 Å². The van der Waals surface area contributed by atoms with Gasteiger partial charge in [0, 0.05) is 0 Å². The van der Waals surface area contributed by atoms with Crippen molar-refractivity contribution < 1.29 is 19.1 Å². The second-order valence-electron chi connectivity index (χ2n) is 3.65. The number of carbonyl (C=O) groups is 2. The molecule has 1 aliphatic carbocycles. The molecule has 0 bridgehead atoms. The van der Waals surface area contributed by atoms with Crippen LogP contribution in [0.15, 0.2) is 0 Å². The minimum absolute atomic E-state index is 0.0241. The molecule has 0 spiro atoms. The van der Waals surface area contributed by atoms with Gasteiger partial charge in [0.2, 0.25) is 0 Å². The first-order chi connectivity index (χ1) is 7.65. The van der Waals surface area contributed by atoms with Gasteiger partial charge in [-0.2, -0.15) is 0 Å². The summed E-state index contributed by atoms with van der Waals surface area (Å²) >= 11 is 6.09. The summed E-state index contributed by atoms with van der Waals surface area (Å²) in [5.41, 5.74) is 0. The van der Waals surface area contributed by atoms with Crippen molar-refractivity contribution in [2.75, 3.05) is 10.7 Å². The molecule has 16 heavy (non-hydrogen) atoms. The first kappa shape index (κ1) is 14.0. The third-order valence-corrected chi connectivity index (χ3v) is 3.35. The van der Waals surface area contributed by atoms with E-state index in [1.807, 2.05) is 0 Å². The second kappa shape index (κ2) is 7.27. The smallest absolute Gasteiger partial charge is 0.316 e. The second-order valence-corrected chi connectivity index (χ2v) is 4.77. The van der Waals surface area contributed by atoms with Crippen molar-refractivity contribution in [1.29, 1.82) is 0 Å². The molecule has 0 amide bonds. The number of alkyl halides is 2. The Morgan fingerprint density at radius 3 is 1.44 bits per heavy atom. The van der Waals surface area contributed by atoms with Crippen molar-refractivity contribution in [1.82, 2.24) is 0 Å². The lowest BCUT2D eigenvalue weighted by Gasteiger charge is -2.27. The lowest BCUT2D eigenvalue weighted by atomic mass is 9.95. The molecular formula is C10H14Br2O4. The highest BCUT2D eigenvalue weighted by atomic mass is 79.9. The van der Waals surface area contributed by atoms with Crippen molar-refractivity contribution >= 4 is 43.8 Å². The van der Waals surface area contributed by atoms with Crippen LogP contribution in [0, 0.1) is 0 Å². The molecule has 0 unspecified atom stereocenters. The first-order valence-electron chi connectivity index (χ1n) is 5.16. The molecule has 92 valence electrons. The van der Waals surface area contributed by atoms with Crippen molar-refractivity contribution in [2.45, 2.75) is 37.9 Å². The monoisotopic (exact) mass is 356 g/mol. The zero-order chi connectivity index (χ0) is 12.0. The van der Waals surface area contributed by atoms with Gasteiger partial charge < -0.3 is 9.47 Å². The molecule has 0 aromatic rings. The minimum Gasteiger partial charge on any atom is -0.462 e. The molecule has 6 heteroatoms. The van der Waals surface area contributed by atoms with Crippen molar-refractivity contribution in [3.63, 3.8) is 0 Å². The maximum atomic E-state index is 11.0. The van der Waals surface area contributed by atoms with E-state index >= 15 is 0 Å². The largest absolute Gasteiger partial charge is 0.462 e. The number of ether oxygens (including phenoxy) is 2. The molecular weight excluding hydrogens is 344 g/mol. The highest BCUT2D eigenvalue weighted by Gasteiger charge is 2.25. The third kappa shape index (κ3) is 4.82. The molecule has 0 N–H and O–H groups in total. The predicted molar refractivity (Wildman–Crippen MR) is 65.8 cm³/mol. The quantitative estimate of drug-likeness (QED) is 0.571. The molecule has 1 fully saturated rings. The maximum Gasteiger partial charge on any atom is 0.316 e. The molecule has 0 saturated heterocycles. The SMILES string of the molecule is O=C(CBr)OC1CCC(OC(=O)CBr)CC1. The molecule has 1 saturated carbocycles. The van der Waals surface area contributed by atoms with Gasteiger partial charge in [0.1, 0.15) is 22.9 Å². The van der Waals surface area contributed by atoms with Gasteiger partial charge in [-0.1, -0.05) is 31.9 Å². The number of hydrogen-bond acceptors (Lipinski definition) is 4. The summed E-state index contributed by atoms with van der Waals surface area (Å²) in [6, 6.07) is 0. The van der Waals surface area contributed by atoms with E-state index in [2.05, 4.69) is 31.9 Å². The van der Waals surface area contributed by atoms with Crippen LogP contribution in [0.3, 0.4) is 0 Å². The van der Waals surface area contributed by atoms with Gasteiger partial charge in [-0.25, -0.2) is 0 Å². The Balaban J connectivity index is 2.23. The van der Waals surface area contributed by atoms with Crippen LogP contribution in [0.25, 0.3) is 0 Å². The Morgan fingerprint density at radius 1 is 0.875 bits per heavy atom. The zero-order valence-corrected chi connectivity index (χ0v) is 12.0. The van der Waals surface area contributed by atoms with Crippen molar-refractivity contribution in [3.8, 4) is 0 Å². The fourth-order valence-corrected chi connectivity index (χ4v) is 1.97. The van der Waals surface area contributed by atoms with E-state index in [1.54, 1.807) is 0 Å². The number of halogens is 2. The van der Waals surface area contributed by atoms with Crippen LogP contribution in [0.4, 0.5) is 0 Å². The van der Waals surface area contributed by atoms with Gasteiger partial charge in [-0.3, -0.25) is 9.59 Å². The summed E-state index contributed by atoms with van der Waals surface area (Å²) in [6.07, 6.45) is 3.00. The van der Waals surface area contributed by atoms with Crippen LogP contribution in [0.2, 0.25) is 0 Å². The Bertz CT molecular complexity index is 223. The summed E-state index contributed by atoms with van der Waals surface area (Å²) in [5, 5.41) is 0.455. The van der Waals surface area contributed by atoms with Crippen LogP contribution in [0.5, 0.6) is 0 Å². The summed E-state index contributed by atoms with van der Waals surface area (Å²) in [4.78, 5) is 22.0. The van der Waals surface area contributed by atoms with E-state index in [0.29, 0.717) is 0 Å². The van der Waals surface area contributed by atoms with Gasteiger partial charge >= 0.3 is 11.9 Å². The lowest BCUT2D eigenvalue weighted by molar-refractivity contribution is -0.154. The summed E-state index contributed by atoms with van der Waals surface area (Å²) in [6.45, 7) is 0. The molecule has 0 aliphatic heterocycles. The third-order valence-electron chi connectivity index (χ3n) is 2.44. The van der Waals surface area contributed by atoms with Gasteiger partial charge in [-0.15, -0.1) is 0 Å². The predicted octanol–water partition coefficient (Wildman–Crippen LogP) is 2.17. The van der Waals surface area contributed by atoms with Gasteiger partial charge in [0.05, 0.1) is 0 Å². The summed E-state index contributed by atoms with van der Waals surface area (Å²) in [7, 11) is 0. The Hall–Kier alpha value is -0.100. The molecule has 0 heterocycles. The Labute approximate surface area is 111 Å². The molecule has 1 aliphatic rings. The van der Waals surface area contributed by atoms with Crippen LogP contribution in [-0.2, 0) is 19.1 Å². The highest BCUT2D eigenvalue weighted by Crippen LogP contribution is 2.23. The molecule has 0 aromatic heterocycles. The number of esters is 2. The van der Waals surface area contributed by atoms with E-state index in [0.717, 1.165) is 25.7 Å². The highest BCUT2D eigenvalue weighted by molar-refractivity contribution is 9.09. The zero-order valence-electron chi connectivity index (χ0n) is 8.79. The van der Waals surface area contributed by atoms with E-state index < -0.39 is 0 Å². The Kier molecular flexibility index (Phi) is 6.34. The van der Waals surface area contributed by atoms with E-state index in [1.165, 1.54) is 0 Å². The summed E-state index contributed by atoms with van der Waals surface area (Å²) in [5.74, 6) is -0.471. The van der Waals surface area contributed by atoms with Crippen molar-refractivity contribution in [3.05, 3.63) is 0 Å². The summed E-state index contributed by atoms with van der Waals surface area (Å²) < 4.78 is 10.4. The molecule has 0 radical (unpaired) electrons. The average Bonchev–Trinajstić information content (AvgIpc) is 2.31. The molecule has 0 aromatic carbocycles. The molecule has 4 nitrogen and oxygen atoms in total. The number of rotatable bonds is 4. The number of hydrogen-bond donors (Lipinski definition) is 0. The number of carbonyl (C=O) groups excluding carboxylic acids is 2. The molecule has 0 atom stereocenters. The van der Waals surface area contributed by atoms with Crippen LogP contribution < -0.4 is 0 Å². The van der Waals surface area contributed by atoms with E-state index in [9.17, 15) is 9.59 Å².